The van der Waals surface area contributed by atoms with Crippen molar-refractivity contribution < 1.29 is 32.6 Å². The molecule has 0 aromatic carbocycles. The van der Waals surface area contributed by atoms with Gasteiger partial charge in [-0.15, -0.1) is 0 Å². The van der Waals surface area contributed by atoms with Crippen LogP contribution in [0.25, 0.3) is 6.08 Å². The van der Waals surface area contributed by atoms with E-state index in [0.717, 1.165) is 6.08 Å². The minimum absolute atomic E-state index is 0.0543. The van der Waals surface area contributed by atoms with Crippen LogP contribution < -0.4 is 21.9 Å². The van der Waals surface area contributed by atoms with Crippen LogP contribution in [0, 0.1) is 0 Å². The molecule has 2 amide bonds. The van der Waals surface area contributed by atoms with E-state index in [-0.39, 0.29) is 30.8 Å². The predicted octanol–water partition coefficient (Wildman–Crippen LogP) is 0.784. The molecule has 10 nitrogen and oxygen atoms in total. The average Bonchev–Trinajstić information content (AvgIpc) is 3.14. The van der Waals surface area contributed by atoms with Crippen molar-refractivity contribution in [1.82, 2.24) is 20.2 Å². The van der Waals surface area contributed by atoms with Crippen LogP contribution in [0.2, 0.25) is 0 Å². The lowest BCUT2D eigenvalue weighted by atomic mass is 10.1. The number of hydrogen-bond donors (Lipinski definition) is 4. The molecule has 0 aliphatic carbocycles. The van der Waals surface area contributed by atoms with Gasteiger partial charge in [0, 0.05) is 43.3 Å². The van der Waals surface area contributed by atoms with Crippen molar-refractivity contribution in [1.29, 1.82) is 0 Å². The highest BCUT2D eigenvalue weighted by Gasteiger charge is 2.38. The lowest BCUT2D eigenvalue weighted by molar-refractivity contribution is -0.173. The lowest BCUT2D eigenvalue weighted by Crippen LogP contribution is -2.37. The summed E-state index contributed by atoms with van der Waals surface area (Å²) in [5.74, 6) is -1.74. The van der Waals surface area contributed by atoms with Gasteiger partial charge in [-0.25, -0.2) is 4.79 Å². The Bertz CT molecular complexity index is 997. The van der Waals surface area contributed by atoms with E-state index in [9.17, 15) is 37.5 Å². The van der Waals surface area contributed by atoms with Crippen LogP contribution in [-0.2, 0) is 14.3 Å². The van der Waals surface area contributed by atoms with Crippen LogP contribution in [0.3, 0.4) is 0 Å². The van der Waals surface area contributed by atoms with Gasteiger partial charge in [-0.3, -0.25) is 23.9 Å². The molecule has 0 bridgehead atoms. The summed E-state index contributed by atoms with van der Waals surface area (Å²) in [6, 6.07) is 0. The lowest BCUT2D eigenvalue weighted by Gasteiger charge is -2.15. The van der Waals surface area contributed by atoms with E-state index >= 15 is 0 Å². The molecule has 190 valence electrons. The highest BCUT2D eigenvalue weighted by atomic mass is 33.1. The summed E-state index contributed by atoms with van der Waals surface area (Å²) in [7, 11) is 2.55. The molecule has 2 heterocycles. The molecule has 4 N–H and O–H groups in total. The molecule has 0 spiro atoms. The summed E-state index contributed by atoms with van der Waals surface area (Å²) in [5, 5.41) is 14.3. The molecule has 1 aliphatic rings. The summed E-state index contributed by atoms with van der Waals surface area (Å²) in [6.07, 6.45) is -2.38. The Morgan fingerprint density at radius 2 is 1.91 bits per heavy atom. The molecule has 1 fully saturated rings. The van der Waals surface area contributed by atoms with Crippen LogP contribution in [0.15, 0.2) is 21.9 Å². The first-order valence-electron chi connectivity index (χ1n) is 10.3. The van der Waals surface area contributed by atoms with E-state index < -0.39 is 47.7 Å². The Kier molecular flexibility index (Phi) is 10.7. The zero-order valence-electron chi connectivity index (χ0n) is 18.1. The van der Waals surface area contributed by atoms with Crippen LogP contribution >= 0.6 is 21.6 Å². The van der Waals surface area contributed by atoms with Crippen LogP contribution in [0.5, 0.6) is 0 Å². The zero-order valence-corrected chi connectivity index (χ0v) is 19.7. The van der Waals surface area contributed by atoms with Gasteiger partial charge in [0.05, 0.1) is 17.8 Å². The monoisotopic (exact) mass is 526 g/mol. The molecule has 1 aliphatic heterocycles. The Labute approximate surface area is 200 Å². The maximum Gasteiger partial charge on any atom is 0.471 e. The predicted molar refractivity (Wildman–Crippen MR) is 122 cm³/mol. The first-order chi connectivity index (χ1) is 16.0. The second kappa shape index (κ2) is 13.0. The summed E-state index contributed by atoms with van der Waals surface area (Å²) in [5.41, 5.74) is -1.31. The zero-order chi connectivity index (χ0) is 25.3. The van der Waals surface area contributed by atoms with Crippen molar-refractivity contribution >= 4 is 39.5 Å². The molecule has 15 heteroatoms. The molecule has 1 aromatic heterocycles. The van der Waals surface area contributed by atoms with E-state index in [2.05, 4.69) is 10.3 Å². The number of hydrogen-bond acceptors (Lipinski definition) is 8. The highest BCUT2D eigenvalue weighted by Crippen LogP contribution is 2.29. The van der Waals surface area contributed by atoms with Crippen molar-refractivity contribution in [3.8, 4) is 0 Å². The number of rotatable bonds is 11. The molecular weight excluding hydrogens is 501 g/mol. The number of aromatic amines is 1. The van der Waals surface area contributed by atoms with E-state index in [1.165, 1.54) is 38.4 Å². The van der Waals surface area contributed by atoms with Crippen molar-refractivity contribution in [2.24, 2.45) is 0 Å². The molecule has 0 unspecified atom stereocenters. The van der Waals surface area contributed by atoms with Crippen LogP contribution in [-0.4, -0.2) is 69.5 Å². The fourth-order valence-corrected chi connectivity index (χ4v) is 4.77. The van der Waals surface area contributed by atoms with Gasteiger partial charge in [0.15, 0.2) is 0 Å². The first-order valence-corrected chi connectivity index (χ1v) is 12.8. The third kappa shape index (κ3) is 8.52. The van der Waals surface area contributed by atoms with Gasteiger partial charge in [-0.1, -0.05) is 28.5 Å². The fourth-order valence-electron chi connectivity index (χ4n) is 2.95. The van der Waals surface area contributed by atoms with Crippen LogP contribution in [0.1, 0.15) is 31.6 Å². The van der Waals surface area contributed by atoms with Crippen molar-refractivity contribution in [2.75, 3.05) is 24.6 Å². The Hall–Kier alpha value is -2.23. The number of nitrogens with zero attached hydrogens (tertiary/aromatic N) is 1. The van der Waals surface area contributed by atoms with Gasteiger partial charge in [0.25, 0.3) is 5.56 Å². The summed E-state index contributed by atoms with van der Waals surface area (Å²) in [6.45, 7) is 1.97. The summed E-state index contributed by atoms with van der Waals surface area (Å²) < 4.78 is 42.9. The third-order valence-electron chi connectivity index (χ3n) is 4.62. The number of aliphatic hydroxyl groups excluding tert-OH is 1. The number of aliphatic hydroxyl groups is 1. The van der Waals surface area contributed by atoms with Crippen molar-refractivity contribution in [3.63, 3.8) is 0 Å². The first kappa shape index (κ1) is 28.0. The number of ether oxygens (including phenoxy) is 1. The maximum absolute atomic E-state index is 12.1. The SMILES string of the molecule is CC[C@H]1O[C@@H](n2cc(/C=C/C(=O)NCCSSCCNC(=O)C(F)(F)F)c(=O)[nH]c2=O)C[C@@H]1O. The molecule has 3 atom stereocenters. The average molecular weight is 527 g/mol. The molecule has 2 rings (SSSR count). The highest BCUT2D eigenvalue weighted by molar-refractivity contribution is 8.76. The normalized spacial score (nSPS) is 20.6. The molecule has 0 saturated carbocycles. The topological polar surface area (TPSA) is 143 Å². The summed E-state index contributed by atoms with van der Waals surface area (Å²) >= 11 is 0. The number of aromatic nitrogens is 2. The van der Waals surface area contributed by atoms with Crippen LogP contribution in [0.4, 0.5) is 13.2 Å². The van der Waals surface area contributed by atoms with Gasteiger partial charge >= 0.3 is 17.8 Å². The molecular formula is C19H25F3N4O6S2. The largest absolute Gasteiger partial charge is 0.471 e. The maximum atomic E-state index is 12.1. The van der Waals surface area contributed by atoms with Gasteiger partial charge < -0.3 is 20.5 Å². The van der Waals surface area contributed by atoms with Crippen molar-refractivity contribution in [3.05, 3.63) is 38.7 Å². The van der Waals surface area contributed by atoms with E-state index in [4.69, 9.17) is 4.74 Å². The molecule has 34 heavy (non-hydrogen) atoms. The third-order valence-corrected chi connectivity index (χ3v) is 7.03. The number of H-pyrrole nitrogens is 1. The molecule has 0 radical (unpaired) electrons. The minimum atomic E-state index is -4.90. The molecule has 1 aromatic rings. The standard InChI is InChI=1S/C19H25F3N4O6S2/c1-2-13-12(27)9-15(32-13)26-10-11(16(29)25-18(26)31)3-4-14(28)23-5-7-33-34-8-6-24-17(30)19(20,21)22/h3-4,10,12-13,15,27H,2,5-9H2,1H3,(H,23,28)(H,24,30)(H,25,29,31)/b4-3+/t12-,13+,15+/m0/s1. The Morgan fingerprint density at radius 3 is 2.50 bits per heavy atom. The van der Waals surface area contributed by atoms with Gasteiger partial charge in [0.2, 0.25) is 5.91 Å². The van der Waals surface area contributed by atoms with E-state index in [1.54, 1.807) is 5.32 Å². The van der Waals surface area contributed by atoms with Gasteiger partial charge in [-0.05, 0) is 12.5 Å². The van der Waals surface area contributed by atoms with E-state index in [1.807, 2.05) is 6.92 Å². The second-order valence-corrected chi connectivity index (χ2v) is 9.82. The second-order valence-electron chi connectivity index (χ2n) is 7.11. The number of alkyl halides is 3. The molecule has 1 saturated heterocycles. The Balaban J connectivity index is 1.76. The smallest absolute Gasteiger partial charge is 0.390 e. The quantitative estimate of drug-likeness (QED) is 0.188. The number of nitrogens with one attached hydrogen (secondary N) is 3. The number of carbonyl (C=O) groups is 2. The van der Waals surface area contributed by atoms with E-state index in [0.29, 0.717) is 12.2 Å². The minimum Gasteiger partial charge on any atom is -0.390 e. The number of halogens is 3. The van der Waals surface area contributed by atoms with Gasteiger partial charge in [-0.2, -0.15) is 13.2 Å². The fraction of sp³-hybridized carbons (Fsp3) is 0.579. The number of amides is 2. The summed E-state index contributed by atoms with van der Waals surface area (Å²) in [4.78, 5) is 48.9. The van der Waals surface area contributed by atoms with Crippen molar-refractivity contribution in [2.45, 2.75) is 44.4 Å². The Morgan fingerprint density at radius 1 is 1.26 bits per heavy atom. The van der Waals surface area contributed by atoms with Gasteiger partial charge in [0.1, 0.15) is 6.23 Å². The number of carbonyl (C=O) groups excluding carboxylic acids is 2.